The minimum Gasteiger partial charge on any atom is -0.409 e. The van der Waals surface area contributed by atoms with E-state index in [1.54, 1.807) is 0 Å². The largest absolute Gasteiger partial charge is 0.409 e. The van der Waals surface area contributed by atoms with E-state index in [0.29, 0.717) is 10.6 Å². The second-order valence-corrected chi connectivity index (χ2v) is 7.00. The number of oxime groups is 1. The normalized spacial score (nSPS) is 12.7. The zero-order chi connectivity index (χ0) is 13.8. The number of nitrogens with zero attached hydrogens (tertiary/aromatic N) is 1. The number of hydrogen-bond acceptors (Lipinski definition) is 5. The average Bonchev–Trinajstić information content (AvgIpc) is 2.28. The van der Waals surface area contributed by atoms with Crippen LogP contribution in [0.5, 0.6) is 0 Å². The van der Waals surface area contributed by atoms with Crippen molar-refractivity contribution in [2.45, 2.75) is 4.90 Å². The third-order valence-electron chi connectivity index (χ3n) is 2.04. The van der Waals surface area contributed by atoms with E-state index < -0.39 is 15.7 Å². The van der Waals surface area contributed by atoms with Gasteiger partial charge in [-0.3, -0.25) is 0 Å². The molecule has 1 rings (SSSR count). The SMILES string of the molecule is CS(=O)(=O)CCSc1ccc(F)cc1C(N)=NO. The molecule has 0 aliphatic rings. The Balaban J connectivity index is 2.89. The van der Waals surface area contributed by atoms with Gasteiger partial charge in [0.25, 0.3) is 0 Å². The molecule has 0 spiro atoms. The molecule has 8 heteroatoms. The summed E-state index contributed by atoms with van der Waals surface area (Å²) in [7, 11) is -3.05. The molecule has 0 atom stereocenters. The highest BCUT2D eigenvalue weighted by molar-refractivity contribution is 8.00. The van der Waals surface area contributed by atoms with Crippen LogP contribution in [0.25, 0.3) is 0 Å². The smallest absolute Gasteiger partial charge is 0.171 e. The van der Waals surface area contributed by atoms with E-state index in [4.69, 9.17) is 10.9 Å². The summed E-state index contributed by atoms with van der Waals surface area (Å²) in [5.74, 6) is -0.402. The second-order valence-electron chi connectivity index (χ2n) is 3.60. The summed E-state index contributed by atoms with van der Waals surface area (Å²) in [5.41, 5.74) is 5.67. The fourth-order valence-electron chi connectivity index (χ4n) is 1.19. The van der Waals surface area contributed by atoms with E-state index in [-0.39, 0.29) is 17.2 Å². The van der Waals surface area contributed by atoms with Gasteiger partial charge in [-0.15, -0.1) is 11.8 Å². The Hall–Kier alpha value is -1.28. The van der Waals surface area contributed by atoms with Gasteiger partial charge in [0, 0.05) is 22.5 Å². The lowest BCUT2D eigenvalue weighted by Crippen LogP contribution is -2.15. The Bertz CT molecular complexity index is 558. The van der Waals surface area contributed by atoms with Crippen molar-refractivity contribution >= 4 is 27.4 Å². The number of sulfone groups is 1. The van der Waals surface area contributed by atoms with Gasteiger partial charge in [-0.05, 0) is 18.2 Å². The molecule has 0 heterocycles. The van der Waals surface area contributed by atoms with Crippen LogP contribution in [0.3, 0.4) is 0 Å². The zero-order valence-electron chi connectivity index (χ0n) is 9.63. The Labute approximate surface area is 109 Å². The number of nitrogens with two attached hydrogens (primary N) is 1. The number of halogens is 1. The van der Waals surface area contributed by atoms with Gasteiger partial charge in [0.05, 0.1) is 5.75 Å². The molecule has 0 aromatic heterocycles. The first kappa shape index (κ1) is 14.8. The van der Waals surface area contributed by atoms with Gasteiger partial charge in [-0.1, -0.05) is 5.16 Å². The van der Waals surface area contributed by atoms with Crippen LogP contribution in [0.15, 0.2) is 28.3 Å². The highest BCUT2D eigenvalue weighted by Gasteiger charge is 2.10. The molecule has 0 unspecified atom stereocenters. The van der Waals surface area contributed by atoms with Crippen molar-refractivity contribution in [3.8, 4) is 0 Å². The van der Waals surface area contributed by atoms with Gasteiger partial charge in [0.2, 0.25) is 0 Å². The molecule has 0 radical (unpaired) electrons. The lowest BCUT2D eigenvalue weighted by molar-refractivity contribution is 0.318. The number of thioether (sulfide) groups is 1. The van der Waals surface area contributed by atoms with Crippen LogP contribution in [0, 0.1) is 5.82 Å². The molecule has 0 fully saturated rings. The third-order valence-corrected chi connectivity index (χ3v) is 4.32. The van der Waals surface area contributed by atoms with Crippen molar-refractivity contribution in [1.29, 1.82) is 0 Å². The summed E-state index contributed by atoms with van der Waals surface area (Å²) < 4.78 is 35.0. The predicted molar refractivity (Wildman–Crippen MR) is 69.3 cm³/mol. The molecule has 0 amide bonds. The fourth-order valence-corrected chi connectivity index (χ4v) is 3.43. The topological polar surface area (TPSA) is 92.8 Å². The third kappa shape index (κ3) is 4.53. The van der Waals surface area contributed by atoms with Crippen molar-refractivity contribution < 1.29 is 18.0 Å². The fraction of sp³-hybridized carbons (Fsp3) is 0.300. The number of benzene rings is 1. The van der Waals surface area contributed by atoms with Crippen LogP contribution < -0.4 is 5.73 Å². The second kappa shape index (κ2) is 6.05. The molecule has 100 valence electrons. The summed E-state index contributed by atoms with van der Waals surface area (Å²) in [6.45, 7) is 0. The number of rotatable bonds is 5. The first-order chi connectivity index (χ1) is 8.33. The first-order valence-corrected chi connectivity index (χ1v) is 7.96. The van der Waals surface area contributed by atoms with E-state index in [9.17, 15) is 12.8 Å². The van der Waals surface area contributed by atoms with Crippen molar-refractivity contribution in [3.05, 3.63) is 29.6 Å². The van der Waals surface area contributed by atoms with E-state index in [1.807, 2.05) is 0 Å². The van der Waals surface area contributed by atoms with Crippen molar-refractivity contribution in [3.63, 3.8) is 0 Å². The maximum Gasteiger partial charge on any atom is 0.171 e. The molecule has 0 aliphatic heterocycles. The minimum atomic E-state index is -3.05. The van der Waals surface area contributed by atoms with E-state index in [0.717, 1.165) is 12.3 Å². The number of amidine groups is 1. The minimum absolute atomic E-state index is 0.00462. The van der Waals surface area contributed by atoms with Crippen LogP contribution in [0.1, 0.15) is 5.56 Å². The Morgan fingerprint density at radius 1 is 1.56 bits per heavy atom. The summed E-state index contributed by atoms with van der Waals surface area (Å²) in [6, 6.07) is 3.84. The monoisotopic (exact) mass is 292 g/mol. The van der Waals surface area contributed by atoms with E-state index in [2.05, 4.69) is 5.16 Å². The highest BCUT2D eigenvalue weighted by atomic mass is 32.2. The van der Waals surface area contributed by atoms with Crippen molar-refractivity contribution in [2.24, 2.45) is 10.9 Å². The number of hydrogen-bond donors (Lipinski definition) is 2. The first-order valence-electron chi connectivity index (χ1n) is 4.91. The van der Waals surface area contributed by atoms with E-state index >= 15 is 0 Å². The summed E-state index contributed by atoms with van der Waals surface area (Å²) in [4.78, 5) is 0.565. The van der Waals surface area contributed by atoms with Crippen LogP contribution in [-0.4, -0.2) is 37.2 Å². The highest BCUT2D eigenvalue weighted by Crippen LogP contribution is 2.23. The Kier molecular flexibility index (Phi) is 4.97. The maximum absolute atomic E-state index is 13.1. The van der Waals surface area contributed by atoms with Gasteiger partial charge in [0.1, 0.15) is 15.7 Å². The molecular weight excluding hydrogens is 279 g/mol. The predicted octanol–water partition coefficient (Wildman–Crippen LogP) is 1.06. The van der Waals surface area contributed by atoms with Gasteiger partial charge in [0.15, 0.2) is 5.84 Å². The van der Waals surface area contributed by atoms with Crippen LogP contribution in [0.2, 0.25) is 0 Å². The average molecular weight is 292 g/mol. The molecule has 0 saturated carbocycles. The van der Waals surface area contributed by atoms with Gasteiger partial charge in [-0.2, -0.15) is 0 Å². The van der Waals surface area contributed by atoms with Crippen molar-refractivity contribution in [1.82, 2.24) is 0 Å². The van der Waals surface area contributed by atoms with Crippen molar-refractivity contribution in [2.75, 3.05) is 17.8 Å². The van der Waals surface area contributed by atoms with Gasteiger partial charge in [-0.25, -0.2) is 12.8 Å². The van der Waals surface area contributed by atoms with Gasteiger partial charge < -0.3 is 10.9 Å². The quantitative estimate of drug-likeness (QED) is 0.278. The van der Waals surface area contributed by atoms with Crippen LogP contribution >= 0.6 is 11.8 Å². The molecule has 5 nitrogen and oxygen atoms in total. The lowest BCUT2D eigenvalue weighted by Gasteiger charge is -2.07. The van der Waals surface area contributed by atoms with Gasteiger partial charge >= 0.3 is 0 Å². The Morgan fingerprint density at radius 2 is 2.22 bits per heavy atom. The standard InChI is InChI=1S/C10H13FN2O3S2/c1-18(15,16)5-4-17-9-3-2-7(11)6-8(9)10(12)13-14/h2-3,6,14H,4-5H2,1H3,(H2,12,13). The zero-order valence-corrected chi connectivity index (χ0v) is 11.3. The maximum atomic E-state index is 13.1. The van der Waals surface area contributed by atoms with E-state index in [1.165, 1.54) is 23.9 Å². The Morgan fingerprint density at radius 3 is 2.78 bits per heavy atom. The molecule has 0 aliphatic carbocycles. The molecule has 18 heavy (non-hydrogen) atoms. The molecule has 1 aromatic carbocycles. The summed E-state index contributed by atoms with van der Waals surface area (Å²) >= 11 is 1.21. The van der Waals surface area contributed by atoms with Crippen LogP contribution in [-0.2, 0) is 9.84 Å². The molecule has 1 aromatic rings. The summed E-state index contributed by atoms with van der Waals surface area (Å²) in [5, 5.41) is 11.4. The lowest BCUT2D eigenvalue weighted by atomic mass is 10.2. The molecule has 0 saturated heterocycles. The van der Waals surface area contributed by atoms with Crippen LogP contribution in [0.4, 0.5) is 4.39 Å². The molecule has 3 N–H and O–H groups in total. The summed E-state index contributed by atoms with van der Waals surface area (Å²) in [6.07, 6.45) is 1.14. The molecule has 0 bridgehead atoms. The molecular formula is C10H13FN2O3S2.